The lowest BCUT2D eigenvalue weighted by Gasteiger charge is -2.18. The summed E-state index contributed by atoms with van der Waals surface area (Å²) in [6.07, 6.45) is 1.86. The maximum atomic E-state index is 12.4. The predicted octanol–water partition coefficient (Wildman–Crippen LogP) is 2.72. The van der Waals surface area contributed by atoms with Gasteiger partial charge >= 0.3 is 0 Å². The highest BCUT2D eigenvalue weighted by molar-refractivity contribution is 6.88. The van der Waals surface area contributed by atoms with E-state index in [0.29, 0.717) is 0 Å². The van der Waals surface area contributed by atoms with E-state index < -0.39 is 8.07 Å². The molecule has 2 nitrogen and oxygen atoms in total. The van der Waals surface area contributed by atoms with E-state index in [-0.39, 0.29) is 5.91 Å². The first-order valence-electron chi connectivity index (χ1n) is 5.78. The van der Waals surface area contributed by atoms with Crippen LogP contribution in [0.25, 0.3) is 0 Å². The highest BCUT2D eigenvalue weighted by Gasteiger charge is 2.23. The van der Waals surface area contributed by atoms with E-state index >= 15 is 0 Å². The molecule has 1 aromatic carbocycles. The predicted molar refractivity (Wildman–Crippen MR) is 73.6 cm³/mol. The van der Waals surface area contributed by atoms with Gasteiger partial charge in [-0.05, 0) is 24.3 Å². The molecule has 0 unspecified atom stereocenters. The minimum atomic E-state index is -1.48. The molecule has 0 radical (unpaired) electrons. The Morgan fingerprint density at radius 3 is 2.24 bits per heavy atom. The molecule has 0 fully saturated rings. The summed E-state index contributed by atoms with van der Waals surface area (Å²) in [5, 5.41) is 1.17. The fourth-order valence-electron chi connectivity index (χ4n) is 1.89. The van der Waals surface area contributed by atoms with Gasteiger partial charge in [-0.1, -0.05) is 37.8 Å². The van der Waals surface area contributed by atoms with Gasteiger partial charge in [-0.15, -0.1) is 0 Å². The minimum absolute atomic E-state index is 0.0630. The average molecular weight is 243 g/mol. The summed E-state index contributed by atoms with van der Waals surface area (Å²) in [4.78, 5) is 12.4. The van der Waals surface area contributed by atoms with Crippen molar-refractivity contribution in [3.05, 3.63) is 54.2 Å². The Morgan fingerprint density at radius 2 is 1.65 bits per heavy atom. The van der Waals surface area contributed by atoms with Gasteiger partial charge in [-0.25, -0.2) is 0 Å². The van der Waals surface area contributed by atoms with Gasteiger partial charge in [0.1, 0.15) is 0 Å². The lowest BCUT2D eigenvalue weighted by Crippen LogP contribution is -2.44. The first-order chi connectivity index (χ1) is 8.00. The third-order valence-corrected chi connectivity index (χ3v) is 4.70. The Kier molecular flexibility index (Phi) is 3.02. The fraction of sp³-hybridized carbons (Fsp3) is 0.214. The molecule has 0 aliphatic rings. The number of nitrogens with zero attached hydrogens (tertiary/aromatic N) is 1. The van der Waals surface area contributed by atoms with Gasteiger partial charge in [0, 0.05) is 17.1 Å². The van der Waals surface area contributed by atoms with Gasteiger partial charge in [-0.3, -0.25) is 9.36 Å². The van der Waals surface area contributed by atoms with Crippen LogP contribution in [0.1, 0.15) is 10.4 Å². The quantitative estimate of drug-likeness (QED) is 0.743. The number of carbonyl (C=O) groups excluding carboxylic acids is 1. The lowest BCUT2D eigenvalue weighted by molar-refractivity contribution is 0.0963. The zero-order valence-electron chi connectivity index (χ0n) is 10.5. The molecule has 0 aliphatic carbocycles. The third-order valence-electron chi connectivity index (χ3n) is 2.76. The number of benzene rings is 1. The van der Waals surface area contributed by atoms with Crippen molar-refractivity contribution in [2.45, 2.75) is 19.6 Å². The van der Waals surface area contributed by atoms with Gasteiger partial charge in [0.05, 0.1) is 8.07 Å². The summed E-state index contributed by atoms with van der Waals surface area (Å²) >= 11 is 0. The molecule has 1 aromatic heterocycles. The largest absolute Gasteiger partial charge is 0.292 e. The van der Waals surface area contributed by atoms with E-state index in [1.54, 1.807) is 4.57 Å². The Hall–Kier alpha value is -1.61. The van der Waals surface area contributed by atoms with E-state index in [0.717, 1.165) is 5.56 Å². The van der Waals surface area contributed by atoms with Crippen molar-refractivity contribution >= 4 is 19.3 Å². The highest BCUT2D eigenvalue weighted by Crippen LogP contribution is 2.07. The smallest absolute Gasteiger partial charge is 0.261 e. The molecule has 17 heavy (non-hydrogen) atoms. The molecular weight excluding hydrogens is 226 g/mol. The van der Waals surface area contributed by atoms with Gasteiger partial charge < -0.3 is 0 Å². The van der Waals surface area contributed by atoms with Crippen LogP contribution in [0, 0.1) is 0 Å². The number of hydrogen-bond acceptors (Lipinski definition) is 1. The van der Waals surface area contributed by atoms with Gasteiger partial charge in [0.15, 0.2) is 0 Å². The summed E-state index contributed by atoms with van der Waals surface area (Å²) in [7, 11) is -1.48. The van der Waals surface area contributed by atoms with E-state index in [2.05, 4.69) is 25.7 Å². The van der Waals surface area contributed by atoms with Crippen molar-refractivity contribution in [1.29, 1.82) is 0 Å². The maximum Gasteiger partial charge on any atom is 0.261 e. The Balaban J connectivity index is 2.43. The maximum absolute atomic E-state index is 12.4. The van der Waals surface area contributed by atoms with Crippen LogP contribution in [0.5, 0.6) is 0 Å². The second-order valence-corrected chi connectivity index (χ2v) is 10.2. The number of hydrogen-bond donors (Lipinski definition) is 0. The SMILES string of the molecule is C[Si](C)(C)c1cccn1C(=O)c1ccccc1. The topological polar surface area (TPSA) is 22.0 Å². The molecule has 0 atom stereocenters. The van der Waals surface area contributed by atoms with Crippen molar-refractivity contribution in [3.8, 4) is 0 Å². The van der Waals surface area contributed by atoms with Crippen molar-refractivity contribution in [2.75, 3.05) is 0 Å². The molecule has 2 aromatic rings. The monoisotopic (exact) mass is 243 g/mol. The first-order valence-corrected chi connectivity index (χ1v) is 9.28. The summed E-state index contributed by atoms with van der Waals surface area (Å²) in [5.74, 6) is 0.0630. The van der Waals surface area contributed by atoms with Crippen LogP contribution in [0.4, 0.5) is 0 Å². The molecule has 0 saturated heterocycles. The van der Waals surface area contributed by atoms with Crippen LogP contribution in [-0.2, 0) is 0 Å². The standard InChI is InChI=1S/C14H17NOSi/c1-17(2,3)13-10-7-11-15(13)14(16)12-8-5-4-6-9-12/h4-11H,1-3H3. The van der Waals surface area contributed by atoms with Crippen LogP contribution in [-0.4, -0.2) is 18.5 Å². The van der Waals surface area contributed by atoms with Crippen molar-refractivity contribution in [2.24, 2.45) is 0 Å². The van der Waals surface area contributed by atoms with Crippen LogP contribution < -0.4 is 5.32 Å². The summed E-state index contributed by atoms with van der Waals surface area (Å²) in [6, 6.07) is 13.4. The summed E-state index contributed by atoms with van der Waals surface area (Å²) in [5.41, 5.74) is 0.739. The second kappa shape index (κ2) is 4.34. The molecule has 0 N–H and O–H groups in total. The molecule has 1 heterocycles. The van der Waals surface area contributed by atoms with Crippen molar-refractivity contribution in [3.63, 3.8) is 0 Å². The van der Waals surface area contributed by atoms with Crippen LogP contribution in [0.2, 0.25) is 19.6 Å². The Bertz CT molecular complexity index is 523. The van der Waals surface area contributed by atoms with Crippen LogP contribution in [0.3, 0.4) is 0 Å². The van der Waals surface area contributed by atoms with Gasteiger partial charge in [0.25, 0.3) is 5.91 Å². The Morgan fingerprint density at radius 1 is 1.00 bits per heavy atom. The van der Waals surface area contributed by atoms with Crippen molar-refractivity contribution < 1.29 is 4.79 Å². The molecule has 3 heteroatoms. The van der Waals surface area contributed by atoms with E-state index in [9.17, 15) is 4.79 Å². The van der Waals surface area contributed by atoms with Crippen LogP contribution in [0.15, 0.2) is 48.7 Å². The minimum Gasteiger partial charge on any atom is -0.292 e. The highest BCUT2D eigenvalue weighted by atomic mass is 28.3. The lowest BCUT2D eigenvalue weighted by atomic mass is 10.2. The normalized spacial score (nSPS) is 11.5. The average Bonchev–Trinajstić information content (AvgIpc) is 2.78. The Labute approximate surface area is 103 Å². The van der Waals surface area contributed by atoms with Gasteiger partial charge in [-0.2, -0.15) is 0 Å². The third kappa shape index (κ3) is 2.39. The molecular formula is C14H17NOSi. The summed E-state index contributed by atoms with van der Waals surface area (Å²) < 4.78 is 1.79. The van der Waals surface area contributed by atoms with E-state index in [1.165, 1.54) is 5.32 Å². The molecule has 0 saturated carbocycles. The van der Waals surface area contributed by atoms with E-state index in [4.69, 9.17) is 0 Å². The fourth-order valence-corrected chi connectivity index (χ4v) is 3.38. The molecule has 0 spiro atoms. The summed E-state index contributed by atoms with van der Waals surface area (Å²) in [6.45, 7) is 6.74. The second-order valence-electron chi connectivity index (χ2n) is 5.18. The zero-order valence-corrected chi connectivity index (χ0v) is 11.5. The van der Waals surface area contributed by atoms with Crippen LogP contribution >= 0.6 is 0 Å². The molecule has 88 valence electrons. The number of aromatic nitrogens is 1. The number of carbonyl (C=O) groups is 1. The first kappa shape index (κ1) is 11.9. The van der Waals surface area contributed by atoms with Crippen molar-refractivity contribution in [1.82, 2.24) is 4.57 Å². The van der Waals surface area contributed by atoms with Gasteiger partial charge in [0.2, 0.25) is 0 Å². The molecule has 0 aliphatic heterocycles. The molecule has 0 bridgehead atoms. The molecule has 0 amide bonds. The zero-order chi connectivity index (χ0) is 12.5. The molecule has 2 rings (SSSR count). The number of rotatable bonds is 2. The van der Waals surface area contributed by atoms with E-state index in [1.807, 2.05) is 42.6 Å².